The first kappa shape index (κ1) is 16.0. The number of hydrogen-bond acceptors (Lipinski definition) is 6. The molecule has 4 rings (SSSR count). The van der Waals surface area contributed by atoms with Crippen LogP contribution in [-0.4, -0.2) is 47.7 Å². The van der Waals surface area contributed by atoms with Gasteiger partial charge in [-0.05, 0) is 38.1 Å². The van der Waals surface area contributed by atoms with E-state index < -0.39 is 0 Å². The minimum Gasteiger partial charge on any atom is -0.419 e. The normalized spacial score (nSPS) is 20.7. The maximum absolute atomic E-state index is 6.18. The lowest BCUT2D eigenvalue weighted by atomic mass is 9.96. The van der Waals surface area contributed by atoms with Crippen LogP contribution in [0, 0.1) is 5.92 Å². The second-order valence-electron chi connectivity index (χ2n) is 6.20. The van der Waals surface area contributed by atoms with Crippen molar-refractivity contribution in [2.24, 2.45) is 5.92 Å². The zero-order valence-electron chi connectivity index (χ0n) is 13.4. The largest absolute Gasteiger partial charge is 0.419 e. The van der Waals surface area contributed by atoms with Crippen LogP contribution >= 0.6 is 11.6 Å². The predicted molar refractivity (Wildman–Crippen MR) is 88.4 cm³/mol. The van der Waals surface area contributed by atoms with Gasteiger partial charge in [-0.2, -0.15) is 0 Å². The van der Waals surface area contributed by atoms with Gasteiger partial charge in [0.2, 0.25) is 11.8 Å². The van der Waals surface area contributed by atoms with Crippen molar-refractivity contribution in [1.82, 2.24) is 15.1 Å². The van der Waals surface area contributed by atoms with E-state index in [2.05, 4.69) is 15.1 Å². The van der Waals surface area contributed by atoms with E-state index in [9.17, 15) is 0 Å². The summed E-state index contributed by atoms with van der Waals surface area (Å²) in [5.41, 5.74) is 0.771. The molecule has 2 aliphatic heterocycles. The van der Waals surface area contributed by atoms with Gasteiger partial charge in [-0.3, -0.25) is 4.90 Å². The molecule has 0 saturated carbocycles. The van der Waals surface area contributed by atoms with Gasteiger partial charge in [-0.25, -0.2) is 0 Å². The quantitative estimate of drug-likeness (QED) is 0.845. The topological polar surface area (TPSA) is 60.6 Å². The molecule has 24 heavy (non-hydrogen) atoms. The van der Waals surface area contributed by atoms with Crippen LogP contribution in [0.1, 0.15) is 18.7 Å². The van der Waals surface area contributed by atoms with Crippen LogP contribution in [0.2, 0.25) is 5.02 Å². The van der Waals surface area contributed by atoms with Gasteiger partial charge in [0.25, 0.3) is 0 Å². The van der Waals surface area contributed by atoms with E-state index in [1.165, 1.54) is 0 Å². The number of ether oxygens (including phenoxy) is 2. The standard InChI is InChI=1S/C17H20ClN3O3/c18-14-4-2-1-3-13(14)16-20-19-15(24-16)11-21-7-5-12(6-8-21)17-22-9-10-23-17/h1-4,12,17H,5-11H2. The average Bonchev–Trinajstić information content (AvgIpc) is 3.28. The third-order valence-corrected chi connectivity index (χ3v) is 4.92. The summed E-state index contributed by atoms with van der Waals surface area (Å²) < 4.78 is 17.0. The van der Waals surface area contributed by atoms with Crippen LogP contribution in [0.3, 0.4) is 0 Å². The highest BCUT2D eigenvalue weighted by molar-refractivity contribution is 6.33. The van der Waals surface area contributed by atoms with Crippen LogP contribution in [0.15, 0.2) is 28.7 Å². The number of hydrogen-bond donors (Lipinski definition) is 0. The first-order valence-corrected chi connectivity index (χ1v) is 8.70. The number of likely N-dealkylation sites (tertiary alicyclic amines) is 1. The molecule has 3 heterocycles. The summed E-state index contributed by atoms with van der Waals surface area (Å²) in [4.78, 5) is 2.33. The number of aromatic nitrogens is 2. The lowest BCUT2D eigenvalue weighted by molar-refractivity contribution is -0.0980. The summed E-state index contributed by atoms with van der Waals surface area (Å²) in [6, 6.07) is 7.49. The van der Waals surface area contributed by atoms with Gasteiger partial charge >= 0.3 is 0 Å². The fourth-order valence-electron chi connectivity index (χ4n) is 3.28. The Hall–Kier alpha value is -1.47. The molecule has 0 atom stereocenters. The summed E-state index contributed by atoms with van der Waals surface area (Å²) in [6.45, 7) is 4.07. The second kappa shape index (κ2) is 7.19. The van der Waals surface area contributed by atoms with Crippen LogP contribution < -0.4 is 0 Å². The summed E-state index contributed by atoms with van der Waals surface area (Å²) in [6.07, 6.45) is 2.12. The molecule has 0 bridgehead atoms. The van der Waals surface area contributed by atoms with Crippen molar-refractivity contribution >= 4 is 11.6 Å². The van der Waals surface area contributed by atoms with E-state index in [0.29, 0.717) is 29.3 Å². The fourth-order valence-corrected chi connectivity index (χ4v) is 3.50. The molecule has 2 aromatic rings. The Morgan fingerprint density at radius 3 is 2.58 bits per heavy atom. The molecule has 0 radical (unpaired) electrons. The van der Waals surface area contributed by atoms with E-state index in [4.69, 9.17) is 25.5 Å². The molecule has 128 valence electrons. The van der Waals surface area contributed by atoms with Crippen molar-refractivity contribution in [3.63, 3.8) is 0 Å². The van der Waals surface area contributed by atoms with E-state index in [1.807, 2.05) is 24.3 Å². The Balaban J connectivity index is 1.34. The summed E-state index contributed by atoms with van der Waals surface area (Å²) >= 11 is 6.18. The maximum atomic E-state index is 6.18. The van der Waals surface area contributed by atoms with E-state index in [-0.39, 0.29) is 6.29 Å². The Bertz CT molecular complexity index is 679. The van der Waals surface area contributed by atoms with Crippen LogP contribution in [0.5, 0.6) is 0 Å². The Kier molecular flexibility index (Phi) is 4.80. The van der Waals surface area contributed by atoms with Crippen molar-refractivity contribution in [1.29, 1.82) is 0 Å². The monoisotopic (exact) mass is 349 g/mol. The van der Waals surface area contributed by atoms with E-state index in [0.717, 1.165) is 44.7 Å². The van der Waals surface area contributed by atoms with Gasteiger partial charge in [0.15, 0.2) is 6.29 Å². The van der Waals surface area contributed by atoms with Crippen molar-refractivity contribution in [3.05, 3.63) is 35.2 Å². The molecule has 0 aliphatic carbocycles. The average molecular weight is 350 g/mol. The highest BCUT2D eigenvalue weighted by Gasteiger charge is 2.30. The number of benzene rings is 1. The Morgan fingerprint density at radius 1 is 1.08 bits per heavy atom. The Labute approximate surface area is 145 Å². The molecule has 2 fully saturated rings. The molecule has 2 saturated heterocycles. The number of piperidine rings is 1. The summed E-state index contributed by atoms with van der Waals surface area (Å²) in [5, 5.41) is 8.90. The fraction of sp³-hybridized carbons (Fsp3) is 0.529. The highest BCUT2D eigenvalue weighted by atomic mass is 35.5. The summed E-state index contributed by atoms with van der Waals surface area (Å²) in [5.74, 6) is 1.58. The Morgan fingerprint density at radius 2 is 1.83 bits per heavy atom. The molecular formula is C17H20ClN3O3. The molecule has 0 N–H and O–H groups in total. The van der Waals surface area contributed by atoms with Gasteiger partial charge in [0.05, 0.1) is 30.3 Å². The van der Waals surface area contributed by atoms with Crippen molar-refractivity contribution in [2.45, 2.75) is 25.7 Å². The van der Waals surface area contributed by atoms with Gasteiger partial charge in [-0.1, -0.05) is 23.7 Å². The lowest BCUT2D eigenvalue weighted by Crippen LogP contribution is -2.37. The molecule has 0 spiro atoms. The number of nitrogens with zero attached hydrogens (tertiary/aromatic N) is 3. The molecule has 7 heteroatoms. The maximum Gasteiger partial charge on any atom is 0.249 e. The first-order chi connectivity index (χ1) is 11.8. The molecule has 0 unspecified atom stereocenters. The number of rotatable bonds is 4. The van der Waals surface area contributed by atoms with Gasteiger partial charge < -0.3 is 13.9 Å². The SMILES string of the molecule is Clc1ccccc1-c1nnc(CN2CCC(C3OCCO3)CC2)o1. The lowest BCUT2D eigenvalue weighted by Gasteiger charge is -2.32. The van der Waals surface area contributed by atoms with Crippen LogP contribution in [0.4, 0.5) is 0 Å². The van der Waals surface area contributed by atoms with Crippen molar-refractivity contribution < 1.29 is 13.9 Å². The van der Waals surface area contributed by atoms with Crippen molar-refractivity contribution in [3.8, 4) is 11.5 Å². The van der Waals surface area contributed by atoms with Crippen LogP contribution in [0.25, 0.3) is 11.5 Å². The van der Waals surface area contributed by atoms with Gasteiger partial charge in [0.1, 0.15) is 0 Å². The minimum atomic E-state index is -0.0117. The second-order valence-corrected chi connectivity index (χ2v) is 6.61. The zero-order valence-corrected chi connectivity index (χ0v) is 14.1. The minimum absolute atomic E-state index is 0.0117. The van der Waals surface area contributed by atoms with Crippen LogP contribution in [-0.2, 0) is 16.0 Å². The summed E-state index contributed by atoms with van der Waals surface area (Å²) in [7, 11) is 0. The molecular weight excluding hydrogens is 330 g/mol. The molecule has 1 aromatic heterocycles. The molecule has 6 nitrogen and oxygen atoms in total. The molecule has 0 amide bonds. The van der Waals surface area contributed by atoms with Crippen molar-refractivity contribution in [2.75, 3.05) is 26.3 Å². The highest BCUT2D eigenvalue weighted by Crippen LogP contribution is 2.28. The van der Waals surface area contributed by atoms with Gasteiger partial charge in [0, 0.05) is 5.92 Å². The van der Waals surface area contributed by atoms with E-state index >= 15 is 0 Å². The third kappa shape index (κ3) is 3.47. The predicted octanol–water partition coefficient (Wildman–Crippen LogP) is 2.97. The molecule has 1 aromatic carbocycles. The smallest absolute Gasteiger partial charge is 0.249 e. The zero-order chi connectivity index (χ0) is 16.4. The van der Waals surface area contributed by atoms with E-state index in [1.54, 1.807) is 0 Å². The van der Waals surface area contributed by atoms with Gasteiger partial charge in [-0.15, -0.1) is 10.2 Å². The first-order valence-electron chi connectivity index (χ1n) is 8.32. The third-order valence-electron chi connectivity index (χ3n) is 4.59. The molecule has 2 aliphatic rings. The number of halogens is 1.